The summed E-state index contributed by atoms with van der Waals surface area (Å²) in [6.07, 6.45) is 1.85. The Morgan fingerprint density at radius 3 is 2.24 bits per heavy atom. The minimum Gasteiger partial charge on any atom is -0.357 e. The second kappa shape index (κ2) is 4.53. The minimum atomic E-state index is 0.657. The lowest BCUT2D eigenvalue weighted by molar-refractivity contribution is 1.12. The molecule has 88 valence electrons. The van der Waals surface area contributed by atoms with Crippen LogP contribution >= 0.6 is 0 Å². The molecule has 0 aliphatic heterocycles. The van der Waals surface area contributed by atoms with Crippen LogP contribution in [0.25, 0.3) is 11.3 Å². The van der Waals surface area contributed by atoms with Crippen molar-refractivity contribution in [3.05, 3.63) is 41.1 Å². The zero-order valence-electron chi connectivity index (χ0n) is 10.7. The monoisotopic (exact) mass is 227 g/mol. The smallest absolute Gasteiger partial charge is 0.222 e. The molecule has 1 N–H and O–H groups in total. The van der Waals surface area contributed by atoms with E-state index in [9.17, 15) is 0 Å². The first-order valence-electron chi connectivity index (χ1n) is 5.70. The Hall–Kier alpha value is -1.90. The number of hydrogen-bond acceptors (Lipinski definition) is 3. The van der Waals surface area contributed by atoms with Crippen molar-refractivity contribution in [1.29, 1.82) is 0 Å². The van der Waals surface area contributed by atoms with Crippen molar-refractivity contribution in [3.8, 4) is 11.3 Å². The lowest BCUT2D eigenvalue weighted by Crippen LogP contribution is -1.99. The van der Waals surface area contributed by atoms with Crippen LogP contribution in [0, 0.1) is 20.8 Å². The Balaban J connectivity index is 2.58. The van der Waals surface area contributed by atoms with Gasteiger partial charge in [0.15, 0.2) is 0 Å². The van der Waals surface area contributed by atoms with Gasteiger partial charge in [-0.2, -0.15) is 0 Å². The van der Waals surface area contributed by atoms with Crippen molar-refractivity contribution in [2.24, 2.45) is 0 Å². The molecule has 0 amide bonds. The SMILES string of the molecule is CNc1ncc(C)c(-c2cc(C)cc(C)c2)n1. The lowest BCUT2D eigenvalue weighted by Gasteiger charge is -2.09. The number of anilines is 1. The quantitative estimate of drug-likeness (QED) is 0.856. The number of benzene rings is 1. The Morgan fingerprint density at radius 2 is 1.65 bits per heavy atom. The molecule has 0 radical (unpaired) electrons. The molecule has 0 bridgehead atoms. The number of aromatic nitrogens is 2. The van der Waals surface area contributed by atoms with E-state index in [4.69, 9.17) is 0 Å². The zero-order valence-corrected chi connectivity index (χ0v) is 10.7. The summed E-state index contributed by atoms with van der Waals surface area (Å²) in [7, 11) is 1.83. The summed E-state index contributed by atoms with van der Waals surface area (Å²) in [5.41, 5.74) is 5.75. The highest BCUT2D eigenvalue weighted by atomic mass is 15.1. The minimum absolute atomic E-state index is 0.657. The second-order valence-corrected chi connectivity index (χ2v) is 4.35. The number of hydrogen-bond donors (Lipinski definition) is 1. The van der Waals surface area contributed by atoms with Crippen LogP contribution in [-0.2, 0) is 0 Å². The molecule has 2 rings (SSSR count). The average molecular weight is 227 g/mol. The summed E-state index contributed by atoms with van der Waals surface area (Å²) >= 11 is 0. The topological polar surface area (TPSA) is 37.8 Å². The number of rotatable bonds is 2. The van der Waals surface area contributed by atoms with Crippen molar-refractivity contribution in [2.45, 2.75) is 20.8 Å². The van der Waals surface area contributed by atoms with Crippen LogP contribution < -0.4 is 5.32 Å². The van der Waals surface area contributed by atoms with Gasteiger partial charge >= 0.3 is 0 Å². The fraction of sp³-hybridized carbons (Fsp3) is 0.286. The van der Waals surface area contributed by atoms with E-state index < -0.39 is 0 Å². The molecule has 3 heteroatoms. The van der Waals surface area contributed by atoms with Crippen LogP contribution in [0.2, 0.25) is 0 Å². The molecule has 1 aromatic heterocycles. The van der Waals surface area contributed by atoms with Crippen LogP contribution in [-0.4, -0.2) is 17.0 Å². The van der Waals surface area contributed by atoms with E-state index >= 15 is 0 Å². The summed E-state index contributed by atoms with van der Waals surface area (Å²) in [6, 6.07) is 6.47. The van der Waals surface area contributed by atoms with Gasteiger partial charge in [0.05, 0.1) is 5.69 Å². The maximum absolute atomic E-state index is 4.52. The Morgan fingerprint density at radius 1 is 1.00 bits per heavy atom. The highest BCUT2D eigenvalue weighted by molar-refractivity contribution is 5.65. The Kier molecular flexibility index (Phi) is 3.09. The van der Waals surface area contributed by atoms with Crippen LogP contribution in [0.15, 0.2) is 24.4 Å². The fourth-order valence-electron chi connectivity index (χ4n) is 1.97. The highest BCUT2D eigenvalue weighted by Gasteiger charge is 2.06. The maximum atomic E-state index is 4.52. The van der Waals surface area contributed by atoms with Crippen molar-refractivity contribution in [1.82, 2.24) is 9.97 Å². The molecule has 1 aromatic carbocycles. The molecule has 0 aliphatic rings. The van der Waals surface area contributed by atoms with Gasteiger partial charge in [-0.15, -0.1) is 0 Å². The van der Waals surface area contributed by atoms with Crippen molar-refractivity contribution in [2.75, 3.05) is 12.4 Å². The molecule has 3 nitrogen and oxygen atoms in total. The molecule has 0 atom stereocenters. The van der Waals surface area contributed by atoms with Gasteiger partial charge in [-0.3, -0.25) is 0 Å². The van der Waals surface area contributed by atoms with E-state index in [0.29, 0.717) is 5.95 Å². The molecule has 2 aromatic rings. The molecule has 0 saturated carbocycles. The average Bonchev–Trinajstić information content (AvgIpc) is 2.28. The van der Waals surface area contributed by atoms with Gasteiger partial charge in [-0.05, 0) is 38.5 Å². The zero-order chi connectivity index (χ0) is 12.4. The first kappa shape index (κ1) is 11.6. The predicted octanol–water partition coefficient (Wildman–Crippen LogP) is 3.11. The number of nitrogens with zero attached hydrogens (tertiary/aromatic N) is 2. The highest BCUT2D eigenvalue weighted by Crippen LogP contribution is 2.23. The van der Waals surface area contributed by atoms with Crippen LogP contribution in [0.5, 0.6) is 0 Å². The van der Waals surface area contributed by atoms with Gasteiger partial charge < -0.3 is 5.32 Å². The van der Waals surface area contributed by atoms with Crippen molar-refractivity contribution in [3.63, 3.8) is 0 Å². The van der Waals surface area contributed by atoms with Gasteiger partial charge in [0.2, 0.25) is 5.95 Å². The maximum Gasteiger partial charge on any atom is 0.222 e. The lowest BCUT2D eigenvalue weighted by atomic mass is 10.0. The molecule has 0 spiro atoms. The van der Waals surface area contributed by atoms with Crippen LogP contribution in [0.4, 0.5) is 5.95 Å². The molecular weight excluding hydrogens is 210 g/mol. The van der Waals surface area contributed by atoms with Gasteiger partial charge in [-0.25, -0.2) is 9.97 Å². The molecule has 1 heterocycles. The summed E-state index contributed by atoms with van der Waals surface area (Å²) in [6.45, 7) is 6.24. The first-order chi connectivity index (χ1) is 8.10. The van der Waals surface area contributed by atoms with Crippen LogP contribution in [0.3, 0.4) is 0 Å². The summed E-state index contributed by atoms with van der Waals surface area (Å²) in [4.78, 5) is 8.73. The normalized spacial score (nSPS) is 10.4. The molecule has 17 heavy (non-hydrogen) atoms. The van der Waals surface area contributed by atoms with E-state index in [-0.39, 0.29) is 0 Å². The molecule has 0 saturated heterocycles. The first-order valence-corrected chi connectivity index (χ1v) is 5.70. The summed E-state index contributed by atoms with van der Waals surface area (Å²) in [5.74, 6) is 0.657. The van der Waals surface area contributed by atoms with Gasteiger partial charge in [0, 0.05) is 18.8 Å². The van der Waals surface area contributed by atoms with Crippen LogP contribution in [0.1, 0.15) is 16.7 Å². The molecular formula is C14H17N3. The van der Waals surface area contributed by atoms with E-state index in [1.54, 1.807) is 0 Å². The summed E-state index contributed by atoms with van der Waals surface area (Å²) < 4.78 is 0. The van der Waals surface area contributed by atoms with E-state index in [0.717, 1.165) is 16.8 Å². The van der Waals surface area contributed by atoms with Gasteiger partial charge in [-0.1, -0.05) is 17.2 Å². The van der Waals surface area contributed by atoms with Gasteiger partial charge in [0.25, 0.3) is 0 Å². The number of aryl methyl sites for hydroxylation is 3. The third-order valence-corrected chi connectivity index (χ3v) is 2.69. The third-order valence-electron chi connectivity index (χ3n) is 2.69. The largest absolute Gasteiger partial charge is 0.357 e. The standard InChI is InChI=1S/C14H17N3/c1-9-5-10(2)7-12(6-9)13-11(3)8-16-14(15-4)17-13/h5-8H,1-4H3,(H,15,16,17). The van der Waals surface area contributed by atoms with Crippen molar-refractivity contribution >= 4 is 5.95 Å². The van der Waals surface area contributed by atoms with E-state index in [1.165, 1.54) is 11.1 Å². The predicted molar refractivity (Wildman–Crippen MR) is 71.2 cm³/mol. The third kappa shape index (κ3) is 2.44. The molecule has 0 fully saturated rings. The van der Waals surface area contributed by atoms with Crippen molar-refractivity contribution < 1.29 is 0 Å². The Bertz CT molecular complexity index is 527. The fourth-order valence-corrected chi connectivity index (χ4v) is 1.97. The molecule has 0 aliphatic carbocycles. The van der Waals surface area contributed by atoms with E-state index in [1.807, 2.05) is 20.2 Å². The molecule has 0 unspecified atom stereocenters. The number of nitrogens with one attached hydrogen (secondary N) is 1. The Labute approximate surface area is 102 Å². The van der Waals surface area contributed by atoms with Gasteiger partial charge in [0.1, 0.15) is 0 Å². The summed E-state index contributed by atoms with van der Waals surface area (Å²) in [5, 5.41) is 2.97. The van der Waals surface area contributed by atoms with E-state index in [2.05, 4.69) is 47.3 Å². The second-order valence-electron chi connectivity index (χ2n) is 4.35.